The summed E-state index contributed by atoms with van der Waals surface area (Å²) in [7, 11) is 0. The number of halogens is 1. The van der Waals surface area contributed by atoms with Crippen molar-refractivity contribution in [3.05, 3.63) is 51.6 Å². The Bertz CT molecular complexity index is 1300. The maximum absolute atomic E-state index is 13.3. The van der Waals surface area contributed by atoms with Gasteiger partial charge in [-0.2, -0.15) is 0 Å². The van der Waals surface area contributed by atoms with Gasteiger partial charge in [0.05, 0.1) is 17.5 Å². The largest absolute Gasteiger partial charge is 0.507 e. The van der Waals surface area contributed by atoms with Crippen molar-refractivity contribution in [2.45, 2.75) is 63.9 Å². The van der Waals surface area contributed by atoms with Crippen molar-refractivity contribution in [1.82, 2.24) is 0 Å². The minimum Gasteiger partial charge on any atom is -0.507 e. The van der Waals surface area contributed by atoms with E-state index in [9.17, 15) is 19.5 Å². The summed E-state index contributed by atoms with van der Waals surface area (Å²) in [6, 6.07) is 4.95. The second kappa shape index (κ2) is 10.5. The van der Waals surface area contributed by atoms with Gasteiger partial charge in [0.1, 0.15) is 22.8 Å². The second-order valence-corrected chi connectivity index (χ2v) is 9.92. The molecule has 0 aliphatic carbocycles. The number of allylic oxidation sites excluding steroid dienone is 1. The van der Waals surface area contributed by atoms with Gasteiger partial charge in [0, 0.05) is 24.3 Å². The highest BCUT2D eigenvalue weighted by Gasteiger charge is 2.36. The third-order valence-corrected chi connectivity index (χ3v) is 7.11. The van der Waals surface area contributed by atoms with Crippen molar-refractivity contribution in [3.8, 4) is 23.0 Å². The lowest BCUT2D eigenvalue weighted by molar-refractivity contribution is -0.135. The maximum Gasteiger partial charge on any atom is 0.342 e. The van der Waals surface area contributed by atoms with Gasteiger partial charge in [-0.3, -0.25) is 9.59 Å². The summed E-state index contributed by atoms with van der Waals surface area (Å²) >= 11 is 6.40. The molecule has 3 aliphatic rings. The molecule has 0 saturated heterocycles. The van der Waals surface area contributed by atoms with Gasteiger partial charge in [0.2, 0.25) is 6.79 Å². The van der Waals surface area contributed by atoms with Gasteiger partial charge in [0.15, 0.2) is 11.5 Å². The Morgan fingerprint density at radius 1 is 1.03 bits per heavy atom. The standard InChI is InChI=1S/C28H27ClO8/c1-15-6-5-9-18(30)8-4-2-3-7-16-11-21-25(26(32)24(16)28(33)36-15)19(13-23(31)37-21)17-10-20(29)27-22(12-17)34-14-35-27/h3,7,10-12,15,19,32H,2,4-6,8-9,13-14H2,1H3/b7-3+/t15-,19+/m1/s1. The average Bonchev–Trinajstić information content (AvgIpc) is 3.32. The monoisotopic (exact) mass is 526 g/mol. The third-order valence-electron chi connectivity index (χ3n) is 6.83. The number of hydrogen-bond acceptors (Lipinski definition) is 8. The lowest BCUT2D eigenvalue weighted by Crippen LogP contribution is -2.23. The van der Waals surface area contributed by atoms with Crippen molar-refractivity contribution in [2.24, 2.45) is 0 Å². The molecule has 2 atom stereocenters. The second-order valence-electron chi connectivity index (χ2n) is 9.51. The van der Waals surface area contributed by atoms with Crippen molar-refractivity contribution >= 4 is 35.4 Å². The van der Waals surface area contributed by atoms with E-state index in [0.717, 1.165) is 0 Å². The van der Waals surface area contributed by atoms with E-state index in [1.54, 1.807) is 31.2 Å². The Morgan fingerprint density at radius 2 is 1.84 bits per heavy atom. The molecule has 8 nitrogen and oxygen atoms in total. The molecule has 0 aromatic heterocycles. The van der Waals surface area contributed by atoms with Crippen LogP contribution in [0.25, 0.3) is 6.08 Å². The number of ketones is 1. The van der Waals surface area contributed by atoms with Crippen LogP contribution >= 0.6 is 11.6 Å². The number of phenols is 1. The first-order valence-electron chi connectivity index (χ1n) is 12.4. The molecule has 3 heterocycles. The molecule has 194 valence electrons. The number of fused-ring (bicyclic) bond motifs is 3. The maximum atomic E-state index is 13.3. The predicted octanol–water partition coefficient (Wildman–Crippen LogP) is 5.70. The van der Waals surface area contributed by atoms with Gasteiger partial charge in [-0.1, -0.05) is 23.8 Å². The number of cyclic esters (lactones) is 1. The number of aromatic hydroxyl groups is 1. The minimum absolute atomic E-state index is 0.00442. The van der Waals surface area contributed by atoms with E-state index in [1.807, 2.05) is 6.08 Å². The van der Waals surface area contributed by atoms with Crippen molar-refractivity contribution < 1.29 is 38.4 Å². The first-order valence-corrected chi connectivity index (χ1v) is 12.8. The van der Waals surface area contributed by atoms with Gasteiger partial charge >= 0.3 is 11.9 Å². The Balaban J connectivity index is 1.60. The molecule has 0 amide bonds. The number of phenolic OH excluding ortho intramolecular Hbond substituents is 1. The molecule has 5 rings (SSSR count). The summed E-state index contributed by atoms with van der Waals surface area (Å²) < 4.78 is 22.1. The van der Waals surface area contributed by atoms with Crippen LogP contribution in [-0.2, 0) is 14.3 Å². The number of hydrogen-bond donors (Lipinski definition) is 1. The van der Waals surface area contributed by atoms with Crippen LogP contribution in [0.3, 0.4) is 0 Å². The summed E-state index contributed by atoms with van der Waals surface area (Å²) in [6.45, 7) is 1.80. The molecular formula is C28H27ClO8. The molecule has 37 heavy (non-hydrogen) atoms. The Hall–Kier alpha value is -3.52. The zero-order chi connectivity index (χ0) is 26.1. The lowest BCUT2D eigenvalue weighted by Gasteiger charge is -2.28. The van der Waals surface area contributed by atoms with E-state index in [-0.39, 0.29) is 36.1 Å². The summed E-state index contributed by atoms with van der Waals surface area (Å²) in [5.74, 6) is -0.895. The van der Waals surface area contributed by atoms with Crippen LogP contribution in [0.2, 0.25) is 5.02 Å². The van der Waals surface area contributed by atoms with E-state index in [0.29, 0.717) is 71.7 Å². The molecule has 0 fully saturated rings. The Kier molecular flexibility index (Phi) is 7.11. The van der Waals surface area contributed by atoms with Crippen molar-refractivity contribution in [1.29, 1.82) is 0 Å². The highest BCUT2D eigenvalue weighted by molar-refractivity contribution is 6.32. The van der Waals surface area contributed by atoms with Gasteiger partial charge in [-0.15, -0.1) is 0 Å². The summed E-state index contributed by atoms with van der Waals surface area (Å²) in [4.78, 5) is 38.0. The highest BCUT2D eigenvalue weighted by atomic mass is 35.5. The molecule has 0 bridgehead atoms. The number of carbonyl (C=O) groups excluding carboxylic acids is 3. The van der Waals surface area contributed by atoms with E-state index < -0.39 is 24.0 Å². The third kappa shape index (κ3) is 5.16. The fraction of sp³-hybridized carbons (Fsp3) is 0.393. The Morgan fingerprint density at radius 3 is 2.68 bits per heavy atom. The lowest BCUT2D eigenvalue weighted by atomic mass is 9.83. The minimum atomic E-state index is -0.685. The first kappa shape index (κ1) is 25.1. The van der Waals surface area contributed by atoms with Gasteiger partial charge in [-0.25, -0.2) is 4.79 Å². The number of ether oxygens (including phenoxy) is 4. The SMILES string of the molecule is C[C@@H]1CCCC(=O)CCC/C=C/c2cc3c(c(O)c2C(=O)O1)[C@H](c1cc(Cl)c2c(c1)OCO2)CC(=O)O3. The summed E-state index contributed by atoms with van der Waals surface area (Å²) in [5, 5.41) is 11.8. The molecular weight excluding hydrogens is 500 g/mol. The van der Waals surface area contributed by atoms with Crippen LogP contribution in [-0.4, -0.2) is 35.7 Å². The van der Waals surface area contributed by atoms with Crippen LogP contribution in [0.4, 0.5) is 0 Å². The van der Waals surface area contributed by atoms with Gasteiger partial charge in [-0.05, 0) is 61.9 Å². The van der Waals surface area contributed by atoms with E-state index in [4.69, 9.17) is 30.5 Å². The van der Waals surface area contributed by atoms with Crippen molar-refractivity contribution in [3.63, 3.8) is 0 Å². The molecule has 0 spiro atoms. The fourth-order valence-corrected chi connectivity index (χ4v) is 5.27. The Labute approximate surface area is 219 Å². The van der Waals surface area contributed by atoms with Crippen LogP contribution in [0.1, 0.15) is 84.8 Å². The molecule has 2 aromatic rings. The molecule has 1 N–H and O–H groups in total. The molecule has 2 aromatic carbocycles. The zero-order valence-corrected chi connectivity index (χ0v) is 21.1. The molecule has 0 unspecified atom stereocenters. The number of Topliss-reactive ketones (excluding diaryl/α,β-unsaturated/α-hetero) is 1. The molecule has 0 saturated carbocycles. The quantitative estimate of drug-likeness (QED) is 0.372. The van der Waals surface area contributed by atoms with Crippen LogP contribution in [0.5, 0.6) is 23.0 Å². The average molecular weight is 527 g/mol. The van der Waals surface area contributed by atoms with Crippen LogP contribution < -0.4 is 14.2 Å². The topological polar surface area (TPSA) is 108 Å². The van der Waals surface area contributed by atoms with E-state index in [1.165, 1.54) is 0 Å². The number of carbonyl (C=O) groups is 3. The van der Waals surface area contributed by atoms with E-state index >= 15 is 0 Å². The molecule has 3 aliphatic heterocycles. The number of rotatable bonds is 1. The van der Waals surface area contributed by atoms with Crippen LogP contribution in [0.15, 0.2) is 24.3 Å². The zero-order valence-electron chi connectivity index (χ0n) is 20.4. The normalized spacial score (nSPS) is 22.8. The van der Waals surface area contributed by atoms with E-state index in [2.05, 4.69) is 0 Å². The van der Waals surface area contributed by atoms with Gasteiger partial charge < -0.3 is 24.1 Å². The molecule has 9 heteroatoms. The first-order chi connectivity index (χ1) is 17.8. The highest BCUT2D eigenvalue weighted by Crippen LogP contribution is 2.50. The molecule has 0 radical (unpaired) electrons. The smallest absolute Gasteiger partial charge is 0.342 e. The summed E-state index contributed by atoms with van der Waals surface area (Å²) in [5.41, 5.74) is 1.29. The van der Waals surface area contributed by atoms with Gasteiger partial charge in [0.25, 0.3) is 0 Å². The number of benzene rings is 2. The van der Waals surface area contributed by atoms with Crippen LogP contribution in [0, 0.1) is 0 Å². The predicted molar refractivity (Wildman–Crippen MR) is 134 cm³/mol. The fourth-order valence-electron chi connectivity index (χ4n) is 4.99. The van der Waals surface area contributed by atoms with Crippen molar-refractivity contribution in [2.75, 3.05) is 6.79 Å². The number of esters is 2. The summed E-state index contributed by atoms with van der Waals surface area (Å²) in [6.07, 6.45) is 6.40.